The summed E-state index contributed by atoms with van der Waals surface area (Å²) < 4.78 is 14.3. The number of aromatic nitrogens is 1. The molecule has 0 radical (unpaired) electrons. The number of hydrogen-bond acceptors (Lipinski definition) is 4. The molecule has 0 aliphatic carbocycles. The zero-order chi connectivity index (χ0) is 20.4. The van der Waals surface area contributed by atoms with E-state index in [0.717, 1.165) is 37.0 Å². The molecule has 0 spiro atoms. The lowest BCUT2D eigenvalue weighted by atomic mass is 9.96. The Labute approximate surface area is 174 Å². The van der Waals surface area contributed by atoms with Crippen LogP contribution in [0.4, 0.5) is 4.39 Å². The standard InChI is InChI=1S/C23H26FN3OS/c1-15(17-7-9-19(24)10-8-17)25-22(28)16(2)27-13-11-18(12-14-27)23-26-20-5-3-4-6-21(20)29-23/h3-10,15-16,18H,11-14H2,1-2H3,(H,25,28)/t15-,16-/m1/s1. The maximum Gasteiger partial charge on any atom is 0.237 e. The summed E-state index contributed by atoms with van der Waals surface area (Å²) in [7, 11) is 0. The van der Waals surface area contributed by atoms with Crippen LogP contribution in [0.2, 0.25) is 0 Å². The Morgan fingerprint density at radius 1 is 1.14 bits per heavy atom. The first-order valence-corrected chi connectivity index (χ1v) is 11.0. The highest BCUT2D eigenvalue weighted by Gasteiger charge is 2.29. The van der Waals surface area contributed by atoms with Crippen molar-refractivity contribution >= 4 is 27.5 Å². The predicted octanol–water partition coefficient (Wildman–Crippen LogP) is 4.88. The van der Waals surface area contributed by atoms with E-state index in [9.17, 15) is 9.18 Å². The number of rotatable bonds is 5. The molecule has 1 fully saturated rings. The van der Waals surface area contributed by atoms with Gasteiger partial charge in [-0.25, -0.2) is 9.37 Å². The minimum atomic E-state index is -0.267. The largest absolute Gasteiger partial charge is 0.348 e. The van der Waals surface area contributed by atoms with E-state index in [1.54, 1.807) is 23.5 Å². The van der Waals surface area contributed by atoms with Crippen LogP contribution in [-0.4, -0.2) is 34.9 Å². The second-order valence-corrected chi connectivity index (χ2v) is 8.85. The SMILES string of the molecule is C[C@H](C(=O)N[C@H](C)c1ccc(F)cc1)N1CCC(c2nc3ccccc3s2)CC1. The van der Waals surface area contributed by atoms with E-state index in [1.807, 2.05) is 19.9 Å². The normalized spacial score (nSPS) is 17.9. The number of carbonyl (C=O) groups excluding carboxylic acids is 1. The highest BCUT2D eigenvalue weighted by molar-refractivity contribution is 7.18. The van der Waals surface area contributed by atoms with Crippen molar-refractivity contribution in [1.29, 1.82) is 0 Å². The quantitative estimate of drug-likeness (QED) is 0.651. The molecular weight excluding hydrogens is 385 g/mol. The van der Waals surface area contributed by atoms with Crippen molar-refractivity contribution in [2.75, 3.05) is 13.1 Å². The summed E-state index contributed by atoms with van der Waals surface area (Å²) in [6.45, 7) is 5.67. The van der Waals surface area contributed by atoms with Gasteiger partial charge in [0, 0.05) is 5.92 Å². The minimum absolute atomic E-state index is 0.0141. The van der Waals surface area contributed by atoms with Gasteiger partial charge in [-0.3, -0.25) is 9.69 Å². The second kappa shape index (κ2) is 8.59. The number of thiazole rings is 1. The number of hydrogen-bond donors (Lipinski definition) is 1. The molecule has 6 heteroatoms. The van der Waals surface area contributed by atoms with Gasteiger partial charge in [0.25, 0.3) is 0 Å². The molecule has 1 N–H and O–H groups in total. The Bertz CT molecular complexity index is 946. The summed E-state index contributed by atoms with van der Waals surface area (Å²) in [4.78, 5) is 19.8. The van der Waals surface area contributed by atoms with Crippen LogP contribution in [0.1, 0.15) is 49.2 Å². The number of benzene rings is 2. The summed E-state index contributed by atoms with van der Waals surface area (Å²) >= 11 is 1.79. The van der Waals surface area contributed by atoms with Gasteiger partial charge in [-0.2, -0.15) is 0 Å². The van der Waals surface area contributed by atoms with Crippen LogP contribution >= 0.6 is 11.3 Å². The molecule has 0 unspecified atom stereocenters. The summed E-state index contributed by atoms with van der Waals surface area (Å²) in [5, 5.41) is 4.28. The van der Waals surface area contributed by atoms with Crippen LogP contribution in [0.3, 0.4) is 0 Å². The molecule has 1 aromatic heterocycles. The van der Waals surface area contributed by atoms with E-state index in [1.165, 1.54) is 21.8 Å². The second-order valence-electron chi connectivity index (χ2n) is 7.79. The average Bonchev–Trinajstić information content (AvgIpc) is 3.18. The first kappa shape index (κ1) is 20.0. The molecule has 152 valence electrons. The van der Waals surface area contributed by atoms with Gasteiger partial charge >= 0.3 is 0 Å². The zero-order valence-electron chi connectivity index (χ0n) is 16.8. The number of amides is 1. The summed E-state index contributed by atoms with van der Waals surface area (Å²) in [6, 6.07) is 14.2. The monoisotopic (exact) mass is 411 g/mol. The van der Waals surface area contributed by atoms with Gasteiger partial charge in [0.15, 0.2) is 0 Å². The van der Waals surface area contributed by atoms with Crippen molar-refractivity contribution in [1.82, 2.24) is 15.2 Å². The van der Waals surface area contributed by atoms with Gasteiger partial charge < -0.3 is 5.32 Å². The van der Waals surface area contributed by atoms with Gasteiger partial charge in [-0.15, -0.1) is 11.3 Å². The van der Waals surface area contributed by atoms with Crippen LogP contribution in [-0.2, 0) is 4.79 Å². The number of likely N-dealkylation sites (tertiary alicyclic amines) is 1. The molecule has 29 heavy (non-hydrogen) atoms. The molecule has 1 amide bonds. The van der Waals surface area contributed by atoms with Gasteiger partial charge in [0.2, 0.25) is 5.91 Å². The number of nitrogens with zero attached hydrogens (tertiary/aromatic N) is 2. The molecule has 1 aliphatic heterocycles. The summed E-state index contributed by atoms with van der Waals surface area (Å²) in [6.07, 6.45) is 2.04. The Morgan fingerprint density at radius 3 is 2.52 bits per heavy atom. The van der Waals surface area contributed by atoms with Crippen LogP contribution in [0.5, 0.6) is 0 Å². The van der Waals surface area contributed by atoms with E-state index in [4.69, 9.17) is 4.98 Å². The van der Waals surface area contributed by atoms with Crippen LogP contribution < -0.4 is 5.32 Å². The zero-order valence-corrected chi connectivity index (χ0v) is 17.6. The Balaban J connectivity index is 1.32. The van der Waals surface area contributed by atoms with Gasteiger partial charge in [-0.05, 0) is 69.6 Å². The first-order chi connectivity index (χ1) is 14.0. The van der Waals surface area contributed by atoms with Crippen molar-refractivity contribution in [3.8, 4) is 0 Å². The number of piperidine rings is 1. The molecule has 4 rings (SSSR count). The maximum absolute atomic E-state index is 13.1. The van der Waals surface area contributed by atoms with E-state index < -0.39 is 0 Å². The molecular formula is C23H26FN3OS. The molecule has 1 saturated heterocycles. The van der Waals surface area contributed by atoms with Crippen LogP contribution in [0.15, 0.2) is 48.5 Å². The molecule has 4 nitrogen and oxygen atoms in total. The van der Waals surface area contributed by atoms with Crippen molar-refractivity contribution in [3.63, 3.8) is 0 Å². The predicted molar refractivity (Wildman–Crippen MR) is 116 cm³/mol. The number of carbonyl (C=O) groups is 1. The topological polar surface area (TPSA) is 45.2 Å². The van der Waals surface area contributed by atoms with E-state index in [0.29, 0.717) is 5.92 Å². The van der Waals surface area contributed by atoms with Crippen molar-refractivity contribution in [2.24, 2.45) is 0 Å². The molecule has 0 bridgehead atoms. The van der Waals surface area contributed by atoms with E-state index in [2.05, 4.69) is 28.4 Å². The van der Waals surface area contributed by atoms with Crippen molar-refractivity contribution < 1.29 is 9.18 Å². The number of para-hydroxylation sites is 1. The van der Waals surface area contributed by atoms with Crippen molar-refractivity contribution in [3.05, 3.63) is 64.9 Å². The fourth-order valence-electron chi connectivity index (χ4n) is 3.93. The number of halogens is 1. The van der Waals surface area contributed by atoms with E-state index in [-0.39, 0.29) is 23.8 Å². The number of nitrogens with one attached hydrogen (secondary N) is 1. The lowest BCUT2D eigenvalue weighted by Gasteiger charge is -2.35. The highest BCUT2D eigenvalue weighted by Crippen LogP contribution is 2.34. The highest BCUT2D eigenvalue weighted by atomic mass is 32.1. The fraction of sp³-hybridized carbons (Fsp3) is 0.391. The summed E-state index contributed by atoms with van der Waals surface area (Å²) in [5.74, 6) is 0.217. The lowest BCUT2D eigenvalue weighted by Crippen LogP contribution is -2.48. The number of fused-ring (bicyclic) bond motifs is 1. The Morgan fingerprint density at radius 2 is 1.83 bits per heavy atom. The summed E-state index contributed by atoms with van der Waals surface area (Å²) in [5.41, 5.74) is 1.99. The van der Waals surface area contributed by atoms with Gasteiger partial charge in [-0.1, -0.05) is 24.3 Å². The molecule has 3 aromatic rings. The smallest absolute Gasteiger partial charge is 0.237 e. The molecule has 1 aliphatic rings. The maximum atomic E-state index is 13.1. The third-order valence-corrected chi connectivity index (χ3v) is 7.04. The van der Waals surface area contributed by atoms with Gasteiger partial charge in [0.1, 0.15) is 5.82 Å². The Kier molecular flexibility index (Phi) is 5.92. The first-order valence-electron chi connectivity index (χ1n) is 10.2. The fourth-order valence-corrected chi connectivity index (χ4v) is 5.07. The molecule has 0 saturated carbocycles. The Hall–Kier alpha value is -2.31. The minimum Gasteiger partial charge on any atom is -0.348 e. The van der Waals surface area contributed by atoms with Gasteiger partial charge in [0.05, 0.1) is 27.3 Å². The molecule has 2 heterocycles. The average molecular weight is 412 g/mol. The third-order valence-electron chi connectivity index (χ3n) is 5.85. The van der Waals surface area contributed by atoms with Crippen LogP contribution in [0.25, 0.3) is 10.2 Å². The van der Waals surface area contributed by atoms with E-state index >= 15 is 0 Å². The lowest BCUT2D eigenvalue weighted by molar-refractivity contribution is -0.127. The molecule has 2 aromatic carbocycles. The third kappa shape index (κ3) is 4.49. The van der Waals surface area contributed by atoms with Crippen molar-refractivity contribution in [2.45, 2.75) is 44.7 Å². The van der Waals surface area contributed by atoms with Crippen LogP contribution in [0, 0.1) is 5.82 Å². The molecule has 2 atom stereocenters.